The van der Waals surface area contributed by atoms with E-state index in [0.29, 0.717) is 6.54 Å². The molecule has 1 fully saturated rings. The van der Waals surface area contributed by atoms with Gasteiger partial charge in [-0.05, 0) is 19.3 Å². The number of carbonyl (C=O) groups is 3. The average molecular weight is 269 g/mol. The summed E-state index contributed by atoms with van der Waals surface area (Å²) in [5.41, 5.74) is -0.0689. The minimum Gasteiger partial charge on any atom is -0.466 e. The van der Waals surface area contributed by atoms with Gasteiger partial charge in [0.25, 0.3) is 0 Å². The summed E-state index contributed by atoms with van der Waals surface area (Å²) in [7, 11) is 0. The number of rotatable bonds is 4. The average Bonchev–Trinajstić information content (AvgIpc) is 2.54. The van der Waals surface area contributed by atoms with Crippen molar-refractivity contribution in [3.05, 3.63) is 0 Å². The van der Waals surface area contributed by atoms with Crippen molar-refractivity contribution in [3.8, 4) is 0 Å². The monoisotopic (exact) mass is 269 g/mol. The molecule has 5 nitrogen and oxygen atoms in total. The van der Waals surface area contributed by atoms with Crippen LogP contribution in [0.15, 0.2) is 0 Å². The van der Waals surface area contributed by atoms with Crippen LogP contribution in [0.2, 0.25) is 0 Å². The Balaban J connectivity index is 2.90. The molecular weight excluding hydrogens is 246 g/mol. The van der Waals surface area contributed by atoms with Gasteiger partial charge in [0.2, 0.25) is 5.91 Å². The molecule has 0 aromatic carbocycles. The molecule has 0 aromatic heterocycles. The molecule has 1 aliphatic rings. The van der Waals surface area contributed by atoms with Gasteiger partial charge in [0, 0.05) is 13.1 Å². The van der Waals surface area contributed by atoms with E-state index < -0.39 is 17.8 Å². The molecule has 0 bridgehead atoms. The first kappa shape index (κ1) is 15.7. The van der Waals surface area contributed by atoms with Crippen molar-refractivity contribution in [3.63, 3.8) is 0 Å². The van der Waals surface area contributed by atoms with Crippen LogP contribution in [0.5, 0.6) is 0 Å². The Hall–Kier alpha value is -1.39. The Morgan fingerprint density at radius 3 is 2.37 bits per heavy atom. The maximum atomic E-state index is 12.2. The summed E-state index contributed by atoms with van der Waals surface area (Å²) in [4.78, 5) is 37.3. The fourth-order valence-corrected chi connectivity index (χ4v) is 2.43. The number of carbonyl (C=O) groups excluding carboxylic acids is 3. The molecule has 1 saturated heterocycles. The Morgan fingerprint density at radius 1 is 1.37 bits per heavy atom. The minimum atomic E-state index is -0.874. The summed E-state index contributed by atoms with van der Waals surface area (Å²) in [6.07, 6.45) is 0. The molecule has 1 rings (SSSR count). The second-order valence-corrected chi connectivity index (χ2v) is 6.23. The third-order valence-electron chi connectivity index (χ3n) is 3.09. The highest BCUT2D eigenvalue weighted by molar-refractivity contribution is 6.05. The van der Waals surface area contributed by atoms with Crippen LogP contribution in [0.4, 0.5) is 0 Å². The highest BCUT2D eigenvalue weighted by Gasteiger charge is 2.48. The molecule has 0 aliphatic carbocycles. The number of Topliss-reactive ketones (excluding diaryl/α,β-unsaturated/α-hetero) is 1. The summed E-state index contributed by atoms with van der Waals surface area (Å²) in [6, 6.07) is 0. The topological polar surface area (TPSA) is 63.7 Å². The molecule has 19 heavy (non-hydrogen) atoms. The molecule has 0 spiro atoms. The fourth-order valence-electron chi connectivity index (χ4n) is 2.43. The SMILES string of the molecule is CCOC(=O)[C@@H]1CN(CC(C)(C)C)C(=O)[C@H]1C(C)=O. The van der Waals surface area contributed by atoms with E-state index in [1.54, 1.807) is 11.8 Å². The quantitative estimate of drug-likeness (QED) is 0.569. The van der Waals surface area contributed by atoms with E-state index in [4.69, 9.17) is 4.74 Å². The maximum Gasteiger partial charge on any atom is 0.312 e. The van der Waals surface area contributed by atoms with E-state index in [2.05, 4.69) is 0 Å². The summed E-state index contributed by atoms with van der Waals surface area (Å²) < 4.78 is 4.96. The van der Waals surface area contributed by atoms with Crippen LogP contribution < -0.4 is 0 Å². The summed E-state index contributed by atoms with van der Waals surface area (Å²) in [6.45, 7) is 10.2. The van der Waals surface area contributed by atoms with Crippen molar-refractivity contribution in [1.82, 2.24) is 4.90 Å². The van der Waals surface area contributed by atoms with Gasteiger partial charge in [-0.3, -0.25) is 14.4 Å². The van der Waals surface area contributed by atoms with E-state index >= 15 is 0 Å². The molecule has 0 unspecified atom stereocenters. The van der Waals surface area contributed by atoms with Crippen molar-refractivity contribution in [2.75, 3.05) is 19.7 Å². The van der Waals surface area contributed by atoms with Crippen LogP contribution >= 0.6 is 0 Å². The van der Waals surface area contributed by atoms with Gasteiger partial charge < -0.3 is 9.64 Å². The summed E-state index contributed by atoms with van der Waals surface area (Å²) >= 11 is 0. The smallest absolute Gasteiger partial charge is 0.312 e. The van der Waals surface area contributed by atoms with Gasteiger partial charge in [-0.25, -0.2) is 0 Å². The predicted octanol–water partition coefficient (Wildman–Crippen LogP) is 1.26. The van der Waals surface area contributed by atoms with E-state index in [9.17, 15) is 14.4 Å². The second kappa shape index (κ2) is 5.72. The fraction of sp³-hybridized carbons (Fsp3) is 0.786. The van der Waals surface area contributed by atoms with Crippen molar-refractivity contribution in [1.29, 1.82) is 0 Å². The molecule has 1 heterocycles. The molecule has 1 amide bonds. The lowest BCUT2D eigenvalue weighted by atomic mass is 9.92. The normalized spacial score (nSPS) is 23.6. The lowest BCUT2D eigenvalue weighted by Gasteiger charge is -2.26. The molecule has 0 N–H and O–H groups in total. The van der Waals surface area contributed by atoms with Crippen molar-refractivity contribution in [2.45, 2.75) is 34.6 Å². The van der Waals surface area contributed by atoms with Crippen molar-refractivity contribution in [2.24, 2.45) is 17.3 Å². The third-order valence-corrected chi connectivity index (χ3v) is 3.09. The largest absolute Gasteiger partial charge is 0.466 e. The van der Waals surface area contributed by atoms with Crippen LogP contribution in [-0.2, 0) is 19.1 Å². The molecule has 5 heteroatoms. The zero-order chi connectivity index (χ0) is 14.8. The molecule has 108 valence electrons. The Morgan fingerprint density at radius 2 is 1.95 bits per heavy atom. The molecule has 2 atom stereocenters. The highest BCUT2D eigenvalue weighted by atomic mass is 16.5. The second-order valence-electron chi connectivity index (χ2n) is 6.23. The van der Waals surface area contributed by atoms with Gasteiger partial charge in [0.15, 0.2) is 0 Å². The molecule has 0 radical (unpaired) electrons. The predicted molar refractivity (Wildman–Crippen MR) is 70.3 cm³/mol. The Kier molecular flexibility index (Phi) is 4.71. The van der Waals surface area contributed by atoms with Gasteiger partial charge in [-0.15, -0.1) is 0 Å². The van der Waals surface area contributed by atoms with Gasteiger partial charge in [0.1, 0.15) is 11.7 Å². The Labute approximate surface area is 114 Å². The lowest BCUT2D eigenvalue weighted by molar-refractivity contribution is -0.152. The van der Waals surface area contributed by atoms with Gasteiger partial charge in [-0.1, -0.05) is 20.8 Å². The number of hydrogen-bond acceptors (Lipinski definition) is 4. The van der Waals surface area contributed by atoms with Gasteiger partial charge in [-0.2, -0.15) is 0 Å². The summed E-state index contributed by atoms with van der Waals surface area (Å²) in [5.74, 6) is -2.50. The Bertz CT molecular complexity index is 383. The van der Waals surface area contributed by atoms with Crippen LogP contribution in [0.25, 0.3) is 0 Å². The van der Waals surface area contributed by atoms with E-state index in [0.717, 1.165) is 0 Å². The van der Waals surface area contributed by atoms with Gasteiger partial charge in [0.05, 0.1) is 12.5 Å². The number of nitrogens with zero attached hydrogens (tertiary/aromatic N) is 1. The van der Waals surface area contributed by atoms with Crippen LogP contribution in [0.1, 0.15) is 34.6 Å². The zero-order valence-corrected chi connectivity index (χ0v) is 12.4. The number of likely N-dealkylation sites (tertiary alicyclic amines) is 1. The van der Waals surface area contributed by atoms with E-state index in [1.165, 1.54) is 6.92 Å². The number of amides is 1. The number of ketones is 1. The van der Waals surface area contributed by atoms with Crippen molar-refractivity contribution < 1.29 is 19.1 Å². The van der Waals surface area contributed by atoms with Crippen LogP contribution in [0.3, 0.4) is 0 Å². The number of esters is 1. The molecule has 0 aromatic rings. The molecular formula is C14H23NO4. The highest BCUT2D eigenvalue weighted by Crippen LogP contribution is 2.29. The summed E-state index contributed by atoms with van der Waals surface area (Å²) in [5, 5.41) is 0. The third kappa shape index (κ3) is 3.78. The van der Waals surface area contributed by atoms with Crippen molar-refractivity contribution >= 4 is 17.7 Å². The lowest BCUT2D eigenvalue weighted by Crippen LogP contribution is -2.36. The van der Waals surface area contributed by atoms with Crippen LogP contribution in [-0.4, -0.2) is 42.3 Å². The first-order valence-electron chi connectivity index (χ1n) is 6.63. The maximum absolute atomic E-state index is 12.2. The molecule has 0 saturated carbocycles. The standard InChI is InChI=1S/C14H23NO4/c1-6-19-13(18)10-7-15(8-14(3,4)5)12(17)11(10)9(2)16/h10-11H,6-8H2,1-5H3/t10-,11+/m1/s1. The van der Waals surface area contributed by atoms with E-state index in [1.807, 2.05) is 20.8 Å². The zero-order valence-electron chi connectivity index (χ0n) is 12.4. The van der Waals surface area contributed by atoms with Crippen LogP contribution in [0, 0.1) is 17.3 Å². The van der Waals surface area contributed by atoms with E-state index in [-0.39, 0.29) is 30.3 Å². The number of hydrogen-bond donors (Lipinski definition) is 0. The first-order chi connectivity index (χ1) is 8.67. The minimum absolute atomic E-state index is 0.0689. The first-order valence-corrected chi connectivity index (χ1v) is 6.63. The van der Waals surface area contributed by atoms with Gasteiger partial charge >= 0.3 is 5.97 Å². The molecule has 1 aliphatic heterocycles. The number of ether oxygens (including phenoxy) is 1.